The summed E-state index contributed by atoms with van der Waals surface area (Å²) in [7, 11) is 0. The maximum Gasteiger partial charge on any atom is 0.0403 e. The van der Waals surface area contributed by atoms with Gasteiger partial charge in [0.05, 0.1) is 0 Å². The molecular formula is C2H10N2. The van der Waals surface area contributed by atoms with Gasteiger partial charge in [-0.15, -0.1) is 0 Å². The van der Waals surface area contributed by atoms with Gasteiger partial charge in [-0.25, -0.2) is 0 Å². The summed E-state index contributed by atoms with van der Waals surface area (Å²) in [6, 6.07) is 0. The summed E-state index contributed by atoms with van der Waals surface area (Å²) in [6.45, 7) is 0.250. The summed E-state index contributed by atoms with van der Waals surface area (Å²) in [5.41, 5.74) is 9.25. The second-order valence-corrected chi connectivity index (χ2v) is 0.236. The number of hydrogen-bond acceptors (Lipinski definition) is 2. The van der Waals surface area contributed by atoms with Crippen LogP contribution in [-0.2, 0) is 0 Å². The third kappa shape index (κ3) is 254. The van der Waals surface area contributed by atoms with Crippen LogP contribution in [0.3, 0.4) is 0 Å². The Bertz CT molecular complexity index is 4.00. The van der Waals surface area contributed by atoms with E-state index in [4.69, 9.17) is 0 Å². The molecule has 4 heavy (non-hydrogen) atoms. The van der Waals surface area contributed by atoms with Crippen molar-refractivity contribution >= 4 is 0 Å². The minimum absolute atomic E-state index is 0. The Labute approximate surface area is 26.8 Å². The average Bonchev–Trinajstić information content (AvgIpc) is 0.918. The van der Waals surface area contributed by atoms with Gasteiger partial charge in [-0.1, -0.05) is 7.43 Å². The van der Waals surface area contributed by atoms with Crippen molar-refractivity contribution in [2.24, 2.45) is 11.5 Å². The molecule has 0 aromatic rings. The van der Waals surface area contributed by atoms with Gasteiger partial charge in [0, 0.05) is 6.67 Å². The van der Waals surface area contributed by atoms with E-state index in [1.807, 2.05) is 0 Å². The second-order valence-electron chi connectivity index (χ2n) is 0.236. The second kappa shape index (κ2) is 12.7. The molecule has 0 fully saturated rings. The van der Waals surface area contributed by atoms with Crippen molar-refractivity contribution in [2.75, 3.05) is 6.67 Å². The van der Waals surface area contributed by atoms with Gasteiger partial charge in [0.2, 0.25) is 0 Å². The van der Waals surface area contributed by atoms with Gasteiger partial charge in [0.1, 0.15) is 0 Å². The van der Waals surface area contributed by atoms with Crippen LogP contribution < -0.4 is 11.5 Å². The van der Waals surface area contributed by atoms with Crippen molar-refractivity contribution in [3.8, 4) is 0 Å². The molecular weight excluding hydrogens is 52.0 g/mol. The molecule has 2 nitrogen and oxygen atoms in total. The van der Waals surface area contributed by atoms with E-state index in [1.165, 1.54) is 0 Å². The van der Waals surface area contributed by atoms with Crippen molar-refractivity contribution in [1.29, 1.82) is 0 Å². The van der Waals surface area contributed by atoms with E-state index in [0.29, 0.717) is 0 Å². The van der Waals surface area contributed by atoms with Crippen LogP contribution >= 0.6 is 0 Å². The Hall–Kier alpha value is -0.0800. The lowest BCUT2D eigenvalue weighted by Crippen LogP contribution is -2.08. The molecule has 0 radical (unpaired) electrons. The average molecular weight is 62.1 g/mol. The zero-order valence-corrected chi connectivity index (χ0v) is 1.86. The fourth-order valence-corrected chi connectivity index (χ4v) is 0. The molecule has 0 saturated heterocycles. The predicted molar refractivity (Wildman–Crippen MR) is 20.0 cm³/mol. The highest BCUT2D eigenvalue weighted by Crippen LogP contribution is 0.861. The zero-order valence-electron chi connectivity index (χ0n) is 1.86. The van der Waals surface area contributed by atoms with Crippen LogP contribution in [0.2, 0.25) is 0 Å². The molecule has 0 aromatic carbocycles. The molecule has 28 valence electrons. The third-order valence-corrected chi connectivity index (χ3v) is 0. The highest BCUT2D eigenvalue weighted by Gasteiger charge is 1.29. The normalized spacial score (nSPS) is 4.50. The summed E-state index contributed by atoms with van der Waals surface area (Å²) in [4.78, 5) is 0. The lowest BCUT2D eigenvalue weighted by atomic mass is 11.3. The Kier molecular flexibility index (Phi) is 28.8. The Balaban J connectivity index is 0. The monoisotopic (exact) mass is 62.1 g/mol. The third-order valence-electron chi connectivity index (χ3n) is 0. The maximum absolute atomic E-state index is 4.62. The van der Waals surface area contributed by atoms with Crippen LogP contribution in [0.1, 0.15) is 7.43 Å². The first kappa shape index (κ1) is 9.07. The minimum Gasteiger partial charge on any atom is -0.319 e. The summed E-state index contributed by atoms with van der Waals surface area (Å²) in [6.07, 6.45) is 0. The van der Waals surface area contributed by atoms with E-state index >= 15 is 0 Å². The fraction of sp³-hybridized carbons (Fsp3) is 1.00. The van der Waals surface area contributed by atoms with Gasteiger partial charge in [-0.05, 0) is 0 Å². The molecule has 0 bridgehead atoms. The predicted octanol–water partition coefficient (Wildman–Crippen LogP) is -0.503. The van der Waals surface area contributed by atoms with Crippen molar-refractivity contribution in [1.82, 2.24) is 0 Å². The molecule has 0 aliphatic heterocycles. The maximum atomic E-state index is 4.62. The lowest BCUT2D eigenvalue weighted by Gasteiger charge is -1.56. The lowest BCUT2D eigenvalue weighted by molar-refractivity contribution is 1.07. The molecule has 2 heteroatoms. The van der Waals surface area contributed by atoms with Crippen LogP contribution in [0.5, 0.6) is 0 Å². The van der Waals surface area contributed by atoms with Crippen molar-refractivity contribution in [3.05, 3.63) is 0 Å². The largest absolute Gasteiger partial charge is 0.319 e. The van der Waals surface area contributed by atoms with Gasteiger partial charge in [0.15, 0.2) is 0 Å². The molecule has 0 aliphatic carbocycles. The van der Waals surface area contributed by atoms with E-state index in [9.17, 15) is 0 Å². The van der Waals surface area contributed by atoms with Crippen LogP contribution in [0.4, 0.5) is 0 Å². The van der Waals surface area contributed by atoms with E-state index in [1.54, 1.807) is 0 Å². The molecule has 0 amide bonds. The number of nitrogens with two attached hydrogens (primary N) is 2. The van der Waals surface area contributed by atoms with Crippen LogP contribution in [-0.4, -0.2) is 6.67 Å². The Morgan fingerprint density at radius 3 is 1.25 bits per heavy atom. The van der Waals surface area contributed by atoms with Crippen molar-refractivity contribution in [2.45, 2.75) is 7.43 Å². The molecule has 4 N–H and O–H groups in total. The number of hydrogen-bond donors (Lipinski definition) is 2. The van der Waals surface area contributed by atoms with Crippen molar-refractivity contribution in [3.63, 3.8) is 0 Å². The first-order valence-electron chi connectivity index (χ1n) is 0.816. The fourth-order valence-electron chi connectivity index (χ4n) is 0. The molecule has 0 aromatic heterocycles. The van der Waals surface area contributed by atoms with E-state index in [2.05, 4.69) is 11.5 Å². The SMILES string of the molecule is C.NCN. The van der Waals surface area contributed by atoms with Gasteiger partial charge in [-0.2, -0.15) is 0 Å². The molecule has 0 saturated carbocycles. The highest BCUT2D eigenvalue weighted by atomic mass is 14.7. The summed E-state index contributed by atoms with van der Waals surface area (Å²) < 4.78 is 0. The molecule has 0 heterocycles. The first-order chi connectivity index (χ1) is 1.41. The van der Waals surface area contributed by atoms with Gasteiger partial charge < -0.3 is 11.5 Å². The zero-order chi connectivity index (χ0) is 2.71. The summed E-state index contributed by atoms with van der Waals surface area (Å²) >= 11 is 0. The van der Waals surface area contributed by atoms with Gasteiger partial charge in [-0.3, -0.25) is 0 Å². The topological polar surface area (TPSA) is 52.0 Å². The van der Waals surface area contributed by atoms with Gasteiger partial charge >= 0.3 is 0 Å². The minimum atomic E-state index is 0. The quantitative estimate of drug-likeness (QED) is 0.371. The van der Waals surface area contributed by atoms with Crippen molar-refractivity contribution < 1.29 is 0 Å². The summed E-state index contributed by atoms with van der Waals surface area (Å²) in [5.74, 6) is 0. The molecule has 0 rings (SSSR count). The Morgan fingerprint density at radius 1 is 1.25 bits per heavy atom. The molecule has 0 spiro atoms. The smallest absolute Gasteiger partial charge is 0.0403 e. The van der Waals surface area contributed by atoms with Crippen LogP contribution in [0.25, 0.3) is 0 Å². The van der Waals surface area contributed by atoms with E-state index in [0.717, 1.165) is 0 Å². The standard InChI is InChI=1S/CH6N2.CH4/c2-1-3;/h1-3H2;1H4. The highest BCUT2D eigenvalue weighted by molar-refractivity contribution is 3.94. The van der Waals surface area contributed by atoms with Crippen LogP contribution in [0, 0.1) is 0 Å². The first-order valence-corrected chi connectivity index (χ1v) is 0.816. The molecule has 0 atom stereocenters. The van der Waals surface area contributed by atoms with E-state index in [-0.39, 0.29) is 14.1 Å². The molecule has 0 aliphatic rings. The molecule has 0 unspecified atom stereocenters. The van der Waals surface area contributed by atoms with Gasteiger partial charge in [0.25, 0.3) is 0 Å². The Morgan fingerprint density at radius 2 is 1.25 bits per heavy atom. The number of rotatable bonds is 0. The summed E-state index contributed by atoms with van der Waals surface area (Å²) in [5, 5.41) is 0. The van der Waals surface area contributed by atoms with E-state index < -0.39 is 0 Å². The van der Waals surface area contributed by atoms with Crippen LogP contribution in [0.15, 0.2) is 0 Å².